The zero-order chi connectivity index (χ0) is 18.8. The third-order valence-electron chi connectivity index (χ3n) is 6.45. The molecule has 5 nitrogen and oxygen atoms in total. The van der Waals surface area contributed by atoms with E-state index in [0.717, 1.165) is 38.6 Å². The molecular formula is C22H30N2O3. The Morgan fingerprint density at radius 3 is 2.67 bits per heavy atom. The first kappa shape index (κ1) is 18.5. The zero-order valence-electron chi connectivity index (χ0n) is 15.9. The molecule has 2 saturated carbocycles. The van der Waals surface area contributed by atoms with Gasteiger partial charge in [-0.3, -0.25) is 14.5 Å². The van der Waals surface area contributed by atoms with Crippen molar-refractivity contribution < 1.29 is 14.7 Å². The molecular weight excluding hydrogens is 340 g/mol. The first-order valence-corrected chi connectivity index (χ1v) is 10.4. The molecule has 0 bridgehead atoms. The van der Waals surface area contributed by atoms with E-state index in [0.29, 0.717) is 24.3 Å². The number of aryl methyl sites for hydroxylation is 1. The van der Waals surface area contributed by atoms with Crippen LogP contribution in [0.1, 0.15) is 62.0 Å². The van der Waals surface area contributed by atoms with Gasteiger partial charge in [0.25, 0.3) is 0 Å². The average molecular weight is 370 g/mol. The van der Waals surface area contributed by atoms with Gasteiger partial charge in [0.1, 0.15) is 0 Å². The highest BCUT2D eigenvalue weighted by atomic mass is 16.4. The maximum absolute atomic E-state index is 12.5. The molecule has 1 atom stereocenters. The largest absolute Gasteiger partial charge is 0.480 e. The Hall–Kier alpha value is -1.88. The average Bonchev–Trinajstić information content (AvgIpc) is 3.41. The van der Waals surface area contributed by atoms with Crippen molar-refractivity contribution in [3.05, 3.63) is 35.4 Å². The van der Waals surface area contributed by atoms with Crippen LogP contribution in [-0.4, -0.2) is 47.1 Å². The zero-order valence-corrected chi connectivity index (χ0v) is 15.9. The standard InChI is InChI=1S/C22H30N2O3/c25-21(10-17-6-3-5-16-4-1-2-7-20(16)17)23-18-11-19(12-18)24(14-22(26)27)13-15-8-9-15/h1-2,4,7,15,17-19H,3,5-6,8-14H2,(H,23,25)(H,26,27). The van der Waals surface area contributed by atoms with Crippen LogP contribution in [0.2, 0.25) is 0 Å². The molecule has 27 heavy (non-hydrogen) atoms. The van der Waals surface area contributed by atoms with E-state index in [-0.39, 0.29) is 18.5 Å². The maximum atomic E-state index is 12.5. The fraction of sp³-hybridized carbons (Fsp3) is 0.636. The van der Waals surface area contributed by atoms with Crippen LogP contribution in [0.15, 0.2) is 24.3 Å². The number of aliphatic carboxylic acids is 1. The molecule has 0 aliphatic heterocycles. The molecule has 2 fully saturated rings. The Kier molecular flexibility index (Phi) is 5.48. The number of benzene rings is 1. The maximum Gasteiger partial charge on any atom is 0.317 e. The quantitative estimate of drug-likeness (QED) is 0.738. The number of hydrogen-bond acceptors (Lipinski definition) is 3. The lowest BCUT2D eigenvalue weighted by atomic mass is 9.80. The predicted octanol–water partition coefficient (Wildman–Crippen LogP) is 2.94. The van der Waals surface area contributed by atoms with Crippen LogP contribution >= 0.6 is 0 Å². The summed E-state index contributed by atoms with van der Waals surface area (Å²) in [6.07, 6.45) is 8.16. The normalized spacial score (nSPS) is 26.9. The Morgan fingerprint density at radius 2 is 1.93 bits per heavy atom. The van der Waals surface area contributed by atoms with Crippen molar-refractivity contribution in [3.63, 3.8) is 0 Å². The number of carboxylic acid groups (broad SMARTS) is 1. The SMILES string of the molecule is O=C(O)CN(CC1CC1)C1CC(NC(=O)CC2CCCc3ccccc32)C1. The van der Waals surface area contributed by atoms with Crippen molar-refractivity contribution in [2.45, 2.75) is 69.4 Å². The van der Waals surface area contributed by atoms with Gasteiger partial charge < -0.3 is 10.4 Å². The Morgan fingerprint density at radius 1 is 1.15 bits per heavy atom. The van der Waals surface area contributed by atoms with Crippen LogP contribution in [0, 0.1) is 5.92 Å². The number of hydrogen-bond donors (Lipinski definition) is 2. The molecule has 1 aromatic rings. The lowest BCUT2D eigenvalue weighted by Crippen LogP contribution is -2.55. The van der Waals surface area contributed by atoms with Crippen LogP contribution in [0.25, 0.3) is 0 Å². The number of nitrogens with zero attached hydrogens (tertiary/aromatic N) is 1. The first-order chi connectivity index (χ1) is 13.1. The minimum Gasteiger partial charge on any atom is -0.480 e. The van der Waals surface area contributed by atoms with Crippen LogP contribution in [0.3, 0.4) is 0 Å². The third kappa shape index (κ3) is 4.70. The third-order valence-corrected chi connectivity index (χ3v) is 6.45. The second kappa shape index (κ2) is 8.01. The van der Waals surface area contributed by atoms with Gasteiger partial charge >= 0.3 is 5.97 Å². The minimum atomic E-state index is -0.751. The van der Waals surface area contributed by atoms with Crippen molar-refractivity contribution in [3.8, 4) is 0 Å². The predicted molar refractivity (Wildman–Crippen MR) is 104 cm³/mol. The molecule has 0 saturated heterocycles. The fourth-order valence-corrected chi connectivity index (χ4v) is 4.73. The van der Waals surface area contributed by atoms with Crippen molar-refractivity contribution in [2.24, 2.45) is 5.92 Å². The highest BCUT2D eigenvalue weighted by Crippen LogP contribution is 2.35. The molecule has 1 unspecified atom stereocenters. The molecule has 0 spiro atoms. The molecule has 3 aliphatic rings. The summed E-state index contributed by atoms with van der Waals surface area (Å²) in [6, 6.07) is 9.03. The van der Waals surface area contributed by atoms with Gasteiger partial charge in [0.05, 0.1) is 6.54 Å². The molecule has 146 valence electrons. The van der Waals surface area contributed by atoms with Crippen molar-refractivity contribution in [2.75, 3.05) is 13.1 Å². The summed E-state index contributed by atoms with van der Waals surface area (Å²) >= 11 is 0. The van der Waals surface area contributed by atoms with Gasteiger partial charge in [0.2, 0.25) is 5.91 Å². The summed E-state index contributed by atoms with van der Waals surface area (Å²) in [4.78, 5) is 25.8. The highest BCUT2D eigenvalue weighted by Gasteiger charge is 2.38. The molecule has 2 N–H and O–H groups in total. The van der Waals surface area contributed by atoms with Gasteiger partial charge in [-0.1, -0.05) is 24.3 Å². The van der Waals surface area contributed by atoms with E-state index in [1.807, 2.05) is 0 Å². The van der Waals surface area contributed by atoms with E-state index in [4.69, 9.17) is 5.11 Å². The van der Waals surface area contributed by atoms with E-state index in [1.54, 1.807) is 0 Å². The second-order valence-corrected chi connectivity index (χ2v) is 8.65. The van der Waals surface area contributed by atoms with Crippen molar-refractivity contribution >= 4 is 11.9 Å². The Labute approximate surface area is 161 Å². The topological polar surface area (TPSA) is 69.6 Å². The van der Waals surface area contributed by atoms with Crippen LogP contribution in [-0.2, 0) is 16.0 Å². The van der Waals surface area contributed by atoms with Crippen molar-refractivity contribution in [1.29, 1.82) is 0 Å². The fourth-order valence-electron chi connectivity index (χ4n) is 4.73. The Balaban J connectivity index is 1.25. The number of carboxylic acids is 1. The number of rotatable bonds is 8. The van der Waals surface area contributed by atoms with Gasteiger partial charge in [0, 0.05) is 25.0 Å². The van der Waals surface area contributed by atoms with Gasteiger partial charge in [-0.2, -0.15) is 0 Å². The molecule has 1 aromatic carbocycles. The van der Waals surface area contributed by atoms with E-state index in [1.165, 1.54) is 24.0 Å². The van der Waals surface area contributed by atoms with E-state index >= 15 is 0 Å². The van der Waals surface area contributed by atoms with Gasteiger partial charge in [-0.25, -0.2) is 0 Å². The van der Waals surface area contributed by atoms with Gasteiger partial charge in [-0.05, 0) is 67.9 Å². The molecule has 1 amide bonds. The number of fused-ring (bicyclic) bond motifs is 1. The first-order valence-electron chi connectivity index (χ1n) is 10.4. The number of amides is 1. The van der Waals surface area contributed by atoms with Gasteiger partial charge in [0.15, 0.2) is 0 Å². The second-order valence-electron chi connectivity index (χ2n) is 8.65. The molecule has 3 aliphatic carbocycles. The molecule has 4 rings (SSSR count). The smallest absolute Gasteiger partial charge is 0.317 e. The molecule has 0 radical (unpaired) electrons. The molecule has 0 heterocycles. The Bertz CT molecular complexity index is 695. The number of nitrogens with one attached hydrogen (secondary N) is 1. The van der Waals surface area contributed by atoms with Gasteiger partial charge in [-0.15, -0.1) is 0 Å². The van der Waals surface area contributed by atoms with E-state index < -0.39 is 5.97 Å². The van der Waals surface area contributed by atoms with Crippen LogP contribution in [0.5, 0.6) is 0 Å². The number of carbonyl (C=O) groups excluding carboxylic acids is 1. The summed E-state index contributed by atoms with van der Waals surface area (Å²) in [6.45, 7) is 1.02. The number of carbonyl (C=O) groups is 2. The van der Waals surface area contributed by atoms with Crippen LogP contribution < -0.4 is 5.32 Å². The minimum absolute atomic E-state index is 0.126. The van der Waals surface area contributed by atoms with E-state index in [2.05, 4.69) is 34.5 Å². The van der Waals surface area contributed by atoms with Crippen molar-refractivity contribution in [1.82, 2.24) is 10.2 Å². The lowest BCUT2D eigenvalue weighted by Gasteiger charge is -2.43. The summed E-state index contributed by atoms with van der Waals surface area (Å²) in [5, 5.41) is 12.3. The molecule has 0 aromatic heterocycles. The summed E-state index contributed by atoms with van der Waals surface area (Å²) in [5.74, 6) is 0.416. The molecule has 5 heteroatoms. The monoisotopic (exact) mass is 370 g/mol. The summed E-state index contributed by atoms with van der Waals surface area (Å²) in [7, 11) is 0. The summed E-state index contributed by atoms with van der Waals surface area (Å²) < 4.78 is 0. The highest BCUT2D eigenvalue weighted by molar-refractivity contribution is 5.77. The van der Waals surface area contributed by atoms with Crippen LogP contribution in [0.4, 0.5) is 0 Å². The van der Waals surface area contributed by atoms with E-state index in [9.17, 15) is 9.59 Å². The summed E-state index contributed by atoms with van der Waals surface area (Å²) in [5.41, 5.74) is 2.75. The lowest BCUT2D eigenvalue weighted by molar-refractivity contribution is -0.140.